The van der Waals surface area contributed by atoms with E-state index in [0.29, 0.717) is 26.9 Å². The number of nitrogens with zero attached hydrogens (tertiary/aromatic N) is 4. The van der Waals surface area contributed by atoms with Gasteiger partial charge in [0.2, 0.25) is 0 Å². The van der Waals surface area contributed by atoms with Gasteiger partial charge in [0.05, 0.1) is 21.1 Å². The lowest BCUT2D eigenvalue weighted by Crippen LogP contribution is -2.07. The minimum absolute atomic E-state index is 0.248. The van der Waals surface area contributed by atoms with E-state index in [1.807, 2.05) is 0 Å². The number of aliphatic imine (C=N–C) groups is 1. The van der Waals surface area contributed by atoms with Crippen molar-refractivity contribution < 1.29 is 14.8 Å². The zero-order valence-electron chi connectivity index (χ0n) is 12.2. The maximum absolute atomic E-state index is 11.4. The fourth-order valence-corrected chi connectivity index (χ4v) is 3.06. The first-order valence-corrected chi connectivity index (χ1v) is 6.93. The first kappa shape index (κ1) is 14.6. The monoisotopic (exact) mass is 338 g/mol. The van der Waals surface area contributed by atoms with Crippen molar-refractivity contribution in [3.63, 3.8) is 0 Å². The molecule has 1 heterocycles. The highest BCUT2D eigenvalue weighted by molar-refractivity contribution is 6.08. The van der Waals surface area contributed by atoms with Gasteiger partial charge in [0.15, 0.2) is 5.69 Å². The zero-order valence-corrected chi connectivity index (χ0v) is 12.2. The van der Waals surface area contributed by atoms with E-state index in [0.717, 1.165) is 6.07 Å². The lowest BCUT2D eigenvalue weighted by Gasteiger charge is -1.95. The molecule has 25 heavy (non-hydrogen) atoms. The Morgan fingerprint density at radius 2 is 1.60 bits per heavy atom. The van der Waals surface area contributed by atoms with Gasteiger partial charge in [-0.15, -0.1) is 0 Å². The average Bonchev–Trinajstić information content (AvgIpc) is 3.14. The van der Waals surface area contributed by atoms with E-state index in [1.165, 1.54) is 18.2 Å². The van der Waals surface area contributed by atoms with Crippen LogP contribution >= 0.6 is 0 Å². The van der Waals surface area contributed by atoms with Crippen molar-refractivity contribution >= 4 is 35.0 Å². The summed E-state index contributed by atoms with van der Waals surface area (Å²) in [6, 6.07) is 5.34. The van der Waals surface area contributed by atoms with Crippen LogP contribution in [0.15, 0.2) is 29.3 Å². The van der Waals surface area contributed by atoms with Crippen molar-refractivity contribution in [2.24, 2.45) is 4.99 Å². The molecular weight excluding hydrogens is 332 g/mol. The lowest BCUT2D eigenvalue weighted by atomic mass is 10.1. The number of amidine groups is 1. The van der Waals surface area contributed by atoms with Gasteiger partial charge in [-0.2, -0.15) is 0 Å². The molecule has 0 spiro atoms. The Morgan fingerprint density at radius 3 is 2.24 bits per heavy atom. The van der Waals surface area contributed by atoms with Crippen molar-refractivity contribution in [1.82, 2.24) is 0 Å². The van der Waals surface area contributed by atoms with Gasteiger partial charge in [-0.25, -0.2) is 0 Å². The van der Waals surface area contributed by atoms with Crippen LogP contribution in [0, 0.1) is 40.8 Å². The molecular formula is C15H6N4O6. The second-order valence-electron chi connectivity index (χ2n) is 5.42. The van der Waals surface area contributed by atoms with E-state index >= 15 is 0 Å². The summed E-state index contributed by atoms with van der Waals surface area (Å²) in [7, 11) is 0. The quantitative estimate of drug-likeness (QED) is 0.504. The predicted molar refractivity (Wildman–Crippen MR) is 85.2 cm³/mol. The van der Waals surface area contributed by atoms with E-state index < -0.39 is 20.5 Å². The van der Waals surface area contributed by atoms with Crippen LogP contribution in [-0.4, -0.2) is 20.6 Å². The van der Waals surface area contributed by atoms with Gasteiger partial charge in [-0.05, 0) is 27.3 Å². The fraction of sp³-hybridized carbons (Fsp3) is 0. The summed E-state index contributed by atoms with van der Waals surface area (Å²) < 4.78 is 0. The van der Waals surface area contributed by atoms with Crippen LogP contribution in [0.1, 0.15) is 5.56 Å². The van der Waals surface area contributed by atoms with Crippen molar-refractivity contribution in [2.75, 3.05) is 0 Å². The number of nitro groups is 3. The summed E-state index contributed by atoms with van der Waals surface area (Å²) in [5.74, 6) is -0.326. The van der Waals surface area contributed by atoms with Crippen LogP contribution in [0.5, 0.6) is 0 Å². The number of hydrogen-bond acceptors (Lipinski definition) is 7. The van der Waals surface area contributed by atoms with Gasteiger partial charge in [0.25, 0.3) is 11.4 Å². The number of benzene rings is 2. The Morgan fingerprint density at radius 1 is 0.840 bits per heavy atom. The summed E-state index contributed by atoms with van der Waals surface area (Å²) in [6.07, 6.45) is 2.84. The summed E-state index contributed by atoms with van der Waals surface area (Å²) in [5.41, 5.74) is 0.0216. The molecule has 2 aromatic carbocycles. The van der Waals surface area contributed by atoms with Crippen LogP contribution in [-0.2, 0) is 0 Å². The minimum Gasteiger partial charge on any atom is -0.358 e. The van der Waals surface area contributed by atoms with Crippen molar-refractivity contribution in [2.45, 2.75) is 0 Å². The van der Waals surface area contributed by atoms with Gasteiger partial charge in [-0.3, -0.25) is 20.2 Å². The Kier molecular flexibility index (Phi) is 2.79. The third-order valence-corrected chi connectivity index (χ3v) is 4.06. The predicted octanol–water partition coefficient (Wildman–Crippen LogP) is 1.03. The van der Waals surface area contributed by atoms with Crippen molar-refractivity contribution in [3.8, 4) is 0 Å². The number of nitro benzene ring substituents is 2. The smallest absolute Gasteiger partial charge is 0.358 e. The highest BCUT2D eigenvalue weighted by Crippen LogP contribution is 2.27. The molecule has 0 N–H and O–H groups in total. The van der Waals surface area contributed by atoms with Crippen LogP contribution in [0.4, 0.5) is 17.1 Å². The molecule has 10 heteroatoms. The molecule has 10 nitrogen and oxygen atoms in total. The van der Waals surface area contributed by atoms with E-state index in [4.69, 9.17) is 0 Å². The second kappa shape index (κ2) is 4.77. The number of hydrogen-bond donors (Lipinski definition) is 0. The Bertz CT molecular complexity index is 1280. The molecule has 0 unspecified atom stereocenters. The van der Waals surface area contributed by atoms with Crippen LogP contribution in [0.25, 0.3) is 12.2 Å². The molecule has 0 radical (unpaired) electrons. The van der Waals surface area contributed by atoms with E-state index in [2.05, 4.69) is 4.99 Å². The summed E-state index contributed by atoms with van der Waals surface area (Å²) in [6.45, 7) is 0. The van der Waals surface area contributed by atoms with Gasteiger partial charge in [0.1, 0.15) is 0 Å². The molecule has 1 aliphatic carbocycles. The largest absolute Gasteiger partial charge is 0.364 e. The third-order valence-electron chi connectivity index (χ3n) is 4.06. The lowest BCUT2D eigenvalue weighted by molar-refractivity contribution is -0.394. The highest BCUT2D eigenvalue weighted by Gasteiger charge is 2.26. The van der Waals surface area contributed by atoms with Gasteiger partial charge >= 0.3 is 5.84 Å². The normalized spacial score (nSPS) is 13.0. The molecule has 0 saturated carbocycles. The van der Waals surface area contributed by atoms with Crippen LogP contribution in [0.3, 0.4) is 0 Å². The molecule has 0 aromatic heterocycles. The van der Waals surface area contributed by atoms with E-state index in [9.17, 15) is 30.3 Å². The first-order chi connectivity index (χ1) is 11.9. The number of rotatable bonds is 2. The molecule has 0 bridgehead atoms. The zero-order chi connectivity index (χ0) is 17.9. The van der Waals surface area contributed by atoms with Gasteiger partial charge in [-0.1, -0.05) is 6.07 Å². The molecule has 1 aliphatic heterocycles. The maximum Gasteiger partial charge on any atom is 0.364 e. The first-order valence-electron chi connectivity index (χ1n) is 6.93. The molecule has 0 amide bonds. The Hall–Kier alpha value is -3.95. The van der Waals surface area contributed by atoms with E-state index in [-0.39, 0.29) is 16.7 Å². The third kappa shape index (κ3) is 2.01. The molecule has 122 valence electrons. The summed E-state index contributed by atoms with van der Waals surface area (Å²) in [5, 5.41) is 34.9. The second-order valence-corrected chi connectivity index (χ2v) is 5.42. The molecule has 2 aromatic rings. The van der Waals surface area contributed by atoms with Crippen LogP contribution < -0.4 is 10.4 Å². The Balaban J connectivity index is 2.16. The molecule has 4 rings (SSSR count). The minimum atomic E-state index is -0.703. The SMILES string of the molecule is O=[N+]([O-])C1=Nc2c3c(ccc2=C1)=c1c([N+](=O)[O-])cc([N+](=O)[O-])cc1=C3. The number of non-ortho nitro benzene ring substituents is 2. The van der Waals surface area contributed by atoms with Crippen LogP contribution in [0.2, 0.25) is 0 Å². The standard InChI is InChI=1S/C15H6N4O6/c20-17(21)9-3-8-4-11-10(14(8)12(6-9)18(22)23)2-1-7-5-13(19(24)25)16-15(7)11/h1-6H. The summed E-state index contributed by atoms with van der Waals surface area (Å²) >= 11 is 0. The molecule has 0 saturated heterocycles. The van der Waals surface area contributed by atoms with E-state index in [1.54, 1.807) is 12.1 Å². The number of fused-ring (bicyclic) bond motifs is 4. The van der Waals surface area contributed by atoms with Crippen molar-refractivity contribution in [1.29, 1.82) is 0 Å². The topological polar surface area (TPSA) is 142 Å². The average molecular weight is 338 g/mol. The Labute approximate surface area is 136 Å². The van der Waals surface area contributed by atoms with Crippen molar-refractivity contribution in [3.05, 3.63) is 81.0 Å². The van der Waals surface area contributed by atoms with Gasteiger partial charge in [0, 0.05) is 28.1 Å². The maximum atomic E-state index is 11.4. The highest BCUT2D eigenvalue weighted by atomic mass is 16.6. The van der Waals surface area contributed by atoms with Gasteiger partial charge < -0.3 is 10.1 Å². The molecule has 0 fully saturated rings. The molecule has 2 aliphatic rings. The molecule has 0 atom stereocenters. The fourth-order valence-electron chi connectivity index (χ4n) is 3.06. The summed E-state index contributed by atoms with van der Waals surface area (Å²) in [4.78, 5) is 35.3.